The molecule has 3 saturated carbocycles. The van der Waals surface area contributed by atoms with Gasteiger partial charge in [-0.1, -0.05) is 20.8 Å². The summed E-state index contributed by atoms with van der Waals surface area (Å²) in [5.74, 6) is 1.08. The van der Waals surface area contributed by atoms with Crippen molar-refractivity contribution in [1.29, 1.82) is 0 Å². The molecule has 166 valence electrons. The molecule has 3 fully saturated rings. The van der Waals surface area contributed by atoms with E-state index in [0.29, 0.717) is 28.9 Å². The van der Waals surface area contributed by atoms with Crippen LogP contribution in [0.2, 0.25) is 0 Å². The Morgan fingerprint density at radius 3 is 2.68 bits per heavy atom. The average Bonchev–Trinajstić information content (AvgIpc) is 2.76. The highest BCUT2D eigenvalue weighted by Gasteiger charge is 2.56. The molecule has 9 heteroatoms. The number of halogens is 2. The molecule has 3 aliphatic rings. The van der Waals surface area contributed by atoms with Crippen molar-refractivity contribution in [3.63, 3.8) is 0 Å². The van der Waals surface area contributed by atoms with Crippen molar-refractivity contribution in [3.05, 3.63) is 44.9 Å². The molecule has 2 aromatic heterocycles. The highest BCUT2D eigenvalue weighted by molar-refractivity contribution is 9.10. The van der Waals surface area contributed by atoms with Crippen molar-refractivity contribution in [2.24, 2.45) is 23.2 Å². The zero-order valence-electron chi connectivity index (χ0n) is 17.9. The summed E-state index contributed by atoms with van der Waals surface area (Å²) in [6.07, 6.45) is 5.42. The topological polar surface area (TPSA) is 91.0 Å². The zero-order valence-corrected chi connectivity index (χ0v) is 19.4. The number of rotatable bonds is 6. The molecular formula is C22H27BrFN5O2. The number of anilines is 2. The molecule has 2 aromatic rings. The van der Waals surface area contributed by atoms with Crippen LogP contribution in [-0.4, -0.2) is 33.8 Å². The van der Waals surface area contributed by atoms with Crippen molar-refractivity contribution in [2.45, 2.75) is 46.2 Å². The van der Waals surface area contributed by atoms with Gasteiger partial charge in [-0.15, -0.1) is 0 Å². The summed E-state index contributed by atoms with van der Waals surface area (Å²) in [4.78, 5) is 30.1. The largest absolute Gasteiger partial charge is 0.378 e. The average molecular weight is 492 g/mol. The van der Waals surface area contributed by atoms with Crippen molar-refractivity contribution in [2.75, 3.05) is 16.9 Å². The first-order chi connectivity index (χ1) is 14.7. The number of nitrogens with zero attached hydrogens (tertiary/aromatic N) is 3. The number of pyridine rings is 1. The maximum Gasteiger partial charge on any atom is 0.280 e. The number of alkyl halides is 1. The van der Waals surface area contributed by atoms with Crippen molar-refractivity contribution in [3.8, 4) is 0 Å². The molecule has 7 nitrogen and oxygen atoms in total. The van der Waals surface area contributed by atoms with Gasteiger partial charge < -0.3 is 5.32 Å². The maximum absolute atomic E-state index is 13.5. The maximum atomic E-state index is 13.5. The second-order valence-electron chi connectivity index (χ2n) is 9.24. The fraction of sp³-hybridized carbons (Fsp3) is 0.545. The Labute approximate surface area is 189 Å². The van der Waals surface area contributed by atoms with Crippen molar-refractivity contribution < 1.29 is 9.18 Å². The number of hydrogen-bond acceptors (Lipinski definition) is 5. The normalized spacial score (nSPS) is 26.1. The first-order valence-corrected chi connectivity index (χ1v) is 11.3. The molecule has 0 spiro atoms. The van der Waals surface area contributed by atoms with Gasteiger partial charge in [-0.3, -0.25) is 19.5 Å². The molecule has 1 amide bonds. The first-order valence-electron chi connectivity index (χ1n) is 10.5. The molecule has 3 aliphatic carbocycles. The minimum absolute atomic E-state index is 0.115. The fourth-order valence-electron chi connectivity index (χ4n) is 5.29. The molecular weight excluding hydrogens is 465 g/mol. The number of aromatic amines is 1. The van der Waals surface area contributed by atoms with Crippen LogP contribution in [0.1, 0.15) is 39.2 Å². The van der Waals surface area contributed by atoms with E-state index in [1.807, 2.05) is 0 Å². The summed E-state index contributed by atoms with van der Waals surface area (Å²) >= 11 is 3.36. The van der Waals surface area contributed by atoms with Crippen LogP contribution >= 0.6 is 15.9 Å². The van der Waals surface area contributed by atoms with Crippen molar-refractivity contribution >= 4 is 33.3 Å². The van der Waals surface area contributed by atoms with E-state index in [1.165, 1.54) is 11.3 Å². The Kier molecular flexibility index (Phi) is 5.89. The quantitative estimate of drug-likeness (QED) is 0.638. The highest BCUT2D eigenvalue weighted by atomic mass is 79.9. The SMILES string of the molecule is C[C@@H]1[C@H]2C[C@@H](C[C@H]1Nc1c(N(Cc3ccncc3)C(=O)CF)n[nH]c(=O)c1Br)C2(C)C. The lowest BCUT2D eigenvalue weighted by Crippen LogP contribution is -2.58. The van der Waals surface area contributed by atoms with E-state index >= 15 is 0 Å². The highest BCUT2D eigenvalue weighted by Crippen LogP contribution is 2.61. The smallest absolute Gasteiger partial charge is 0.280 e. The van der Waals surface area contributed by atoms with E-state index in [-0.39, 0.29) is 22.9 Å². The molecule has 2 bridgehead atoms. The number of aromatic nitrogens is 3. The summed E-state index contributed by atoms with van der Waals surface area (Å²) in [5.41, 5.74) is 1.12. The third kappa shape index (κ3) is 3.88. The predicted octanol–water partition coefficient (Wildman–Crippen LogP) is 3.91. The number of nitrogens with one attached hydrogen (secondary N) is 2. The zero-order chi connectivity index (χ0) is 22.3. The van der Waals surface area contributed by atoms with Crippen LogP contribution < -0.4 is 15.8 Å². The van der Waals surface area contributed by atoms with Gasteiger partial charge in [-0.05, 0) is 69.6 Å². The molecule has 0 aliphatic heterocycles. The minimum Gasteiger partial charge on any atom is -0.378 e. The number of H-pyrrole nitrogens is 1. The van der Waals surface area contributed by atoms with Crippen LogP contribution in [0, 0.1) is 23.2 Å². The monoisotopic (exact) mass is 491 g/mol. The van der Waals surface area contributed by atoms with Gasteiger partial charge in [0.2, 0.25) is 0 Å². The van der Waals surface area contributed by atoms with Gasteiger partial charge in [0.25, 0.3) is 11.5 Å². The molecule has 2 heterocycles. The van der Waals surface area contributed by atoms with E-state index in [1.54, 1.807) is 24.5 Å². The molecule has 4 atom stereocenters. The van der Waals surface area contributed by atoms with Crippen molar-refractivity contribution in [1.82, 2.24) is 15.2 Å². The molecule has 0 unspecified atom stereocenters. The van der Waals surface area contributed by atoms with Gasteiger partial charge in [-0.2, -0.15) is 5.10 Å². The molecule has 5 rings (SSSR count). The second kappa shape index (κ2) is 8.33. The standard InChI is InChI=1S/C22H27BrFN5O2/c1-12-15-8-14(22(15,2)3)9-16(12)26-19-18(23)21(31)28-27-20(19)29(17(30)10-24)11-13-4-6-25-7-5-13/h4-7,12,14-16H,8-11H2,1-3H3,(H2,26,28,31)/t12-,14+,15-,16-/m1/s1. The van der Waals surface area contributed by atoms with Crippen LogP contribution in [0.4, 0.5) is 15.9 Å². The Hall–Kier alpha value is -2.29. The Bertz CT molecular complexity index is 1030. The fourth-order valence-corrected chi connectivity index (χ4v) is 5.67. The predicted molar refractivity (Wildman–Crippen MR) is 121 cm³/mol. The van der Waals surface area contributed by atoms with Gasteiger partial charge in [0.15, 0.2) is 12.5 Å². The van der Waals surface area contributed by atoms with E-state index in [9.17, 15) is 14.0 Å². The third-order valence-corrected chi connectivity index (χ3v) is 8.11. The summed E-state index contributed by atoms with van der Waals surface area (Å²) in [5, 5.41) is 10.1. The van der Waals surface area contributed by atoms with E-state index in [2.05, 4.69) is 57.2 Å². The number of amides is 1. The number of fused-ring (bicyclic) bond motifs is 2. The van der Waals surface area contributed by atoms with Crippen LogP contribution in [0.25, 0.3) is 0 Å². The molecule has 2 N–H and O–H groups in total. The van der Waals surface area contributed by atoms with Gasteiger partial charge in [0.1, 0.15) is 4.47 Å². The number of carbonyl (C=O) groups excluding carboxylic acids is 1. The Morgan fingerprint density at radius 2 is 2.06 bits per heavy atom. The van der Waals surface area contributed by atoms with Crippen LogP contribution in [0.3, 0.4) is 0 Å². The van der Waals surface area contributed by atoms with E-state index in [4.69, 9.17) is 0 Å². The third-order valence-electron chi connectivity index (χ3n) is 7.35. The van der Waals surface area contributed by atoms with Gasteiger partial charge in [0, 0.05) is 18.4 Å². The molecule has 0 radical (unpaired) electrons. The number of hydrogen-bond donors (Lipinski definition) is 2. The van der Waals surface area contributed by atoms with E-state index < -0.39 is 18.1 Å². The summed E-state index contributed by atoms with van der Waals surface area (Å²) in [6, 6.07) is 3.65. The molecule has 31 heavy (non-hydrogen) atoms. The van der Waals surface area contributed by atoms with Crippen LogP contribution in [0.5, 0.6) is 0 Å². The lowest BCUT2D eigenvalue weighted by Gasteiger charge is -2.62. The number of carbonyl (C=O) groups is 1. The Morgan fingerprint density at radius 1 is 1.35 bits per heavy atom. The Balaban J connectivity index is 1.69. The van der Waals surface area contributed by atoms with Gasteiger partial charge in [0.05, 0.1) is 12.2 Å². The lowest BCUT2D eigenvalue weighted by molar-refractivity contribution is -0.119. The van der Waals surface area contributed by atoms with Gasteiger partial charge in [-0.25, -0.2) is 9.49 Å². The van der Waals surface area contributed by atoms with Gasteiger partial charge >= 0.3 is 0 Å². The second-order valence-corrected chi connectivity index (χ2v) is 10.0. The lowest BCUT2D eigenvalue weighted by atomic mass is 9.45. The van der Waals surface area contributed by atoms with Crippen LogP contribution in [-0.2, 0) is 11.3 Å². The molecule has 0 saturated heterocycles. The van der Waals surface area contributed by atoms with E-state index in [0.717, 1.165) is 12.0 Å². The minimum atomic E-state index is -1.17. The summed E-state index contributed by atoms with van der Waals surface area (Å²) < 4.78 is 13.7. The summed E-state index contributed by atoms with van der Waals surface area (Å²) in [6.45, 7) is 5.83. The summed E-state index contributed by atoms with van der Waals surface area (Å²) in [7, 11) is 0. The van der Waals surface area contributed by atoms with Crippen LogP contribution in [0.15, 0.2) is 33.8 Å². The molecule has 0 aromatic carbocycles. The first kappa shape index (κ1) is 21.9.